The van der Waals surface area contributed by atoms with Gasteiger partial charge in [0, 0.05) is 37.4 Å². The van der Waals surface area contributed by atoms with E-state index in [1.165, 1.54) is 24.1 Å². The number of methoxy groups -OCH3 is 1. The Morgan fingerprint density at radius 2 is 2.04 bits per heavy atom. The SMILES string of the molecule is COC(=O)CC[C@H]1CN(c2cc(F)c(N3CCCSCC3)c(F)c2)C(=O)O1. The second-order valence-electron chi connectivity index (χ2n) is 6.44. The highest BCUT2D eigenvalue weighted by Crippen LogP contribution is 2.32. The molecule has 148 valence electrons. The van der Waals surface area contributed by atoms with Crippen LogP contribution < -0.4 is 9.80 Å². The van der Waals surface area contributed by atoms with Crippen molar-refractivity contribution in [3.63, 3.8) is 0 Å². The average molecular weight is 400 g/mol. The number of nitrogens with zero attached hydrogens (tertiary/aromatic N) is 2. The first-order chi connectivity index (χ1) is 13.0. The summed E-state index contributed by atoms with van der Waals surface area (Å²) in [7, 11) is 1.28. The number of halogens is 2. The van der Waals surface area contributed by atoms with Crippen LogP contribution in [0.25, 0.3) is 0 Å². The van der Waals surface area contributed by atoms with Crippen LogP contribution in [0.5, 0.6) is 0 Å². The first kappa shape index (κ1) is 19.7. The van der Waals surface area contributed by atoms with Gasteiger partial charge in [-0.25, -0.2) is 13.6 Å². The number of cyclic esters (lactones) is 1. The maximum Gasteiger partial charge on any atom is 0.414 e. The fraction of sp³-hybridized carbons (Fsp3) is 0.556. The van der Waals surface area contributed by atoms with E-state index in [9.17, 15) is 18.4 Å². The van der Waals surface area contributed by atoms with Crippen molar-refractivity contribution in [2.45, 2.75) is 25.4 Å². The molecule has 2 saturated heterocycles. The van der Waals surface area contributed by atoms with E-state index in [-0.39, 0.29) is 24.3 Å². The predicted molar refractivity (Wildman–Crippen MR) is 99.4 cm³/mol. The molecule has 0 N–H and O–H groups in total. The number of rotatable bonds is 5. The molecule has 0 aliphatic carbocycles. The topological polar surface area (TPSA) is 59.1 Å². The molecule has 6 nitrogen and oxygen atoms in total. The van der Waals surface area contributed by atoms with Crippen LogP contribution in [0.2, 0.25) is 0 Å². The summed E-state index contributed by atoms with van der Waals surface area (Å²) in [5.41, 5.74) is 0.0690. The van der Waals surface area contributed by atoms with Crippen molar-refractivity contribution in [3.05, 3.63) is 23.8 Å². The van der Waals surface area contributed by atoms with E-state index in [1.807, 2.05) is 0 Å². The molecule has 2 aliphatic rings. The summed E-state index contributed by atoms with van der Waals surface area (Å²) in [6.07, 6.45) is 0.0685. The number of carbonyl (C=O) groups is 2. The van der Waals surface area contributed by atoms with E-state index in [4.69, 9.17) is 4.74 Å². The molecule has 1 aromatic rings. The lowest BCUT2D eigenvalue weighted by Crippen LogP contribution is -2.29. The minimum Gasteiger partial charge on any atom is -0.469 e. The van der Waals surface area contributed by atoms with Crippen molar-refractivity contribution in [1.29, 1.82) is 0 Å². The molecule has 2 fully saturated rings. The first-order valence-electron chi connectivity index (χ1n) is 8.86. The Morgan fingerprint density at radius 1 is 1.30 bits per heavy atom. The number of anilines is 2. The Bertz CT molecular complexity index is 688. The molecule has 1 amide bonds. The second kappa shape index (κ2) is 8.77. The molecule has 3 rings (SSSR count). The first-order valence-corrected chi connectivity index (χ1v) is 10.0. The van der Waals surface area contributed by atoms with Gasteiger partial charge in [-0.15, -0.1) is 0 Å². The number of esters is 1. The van der Waals surface area contributed by atoms with Crippen molar-refractivity contribution < 1.29 is 27.8 Å². The minimum absolute atomic E-state index is 0.0453. The second-order valence-corrected chi connectivity index (χ2v) is 7.67. The van der Waals surface area contributed by atoms with Crippen LogP contribution in [0, 0.1) is 11.6 Å². The Morgan fingerprint density at radius 3 is 2.74 bits per heavy atom. The van der Waals surface area contributed by atoms with Crippen molar-refractivity contribution in [1.82, 2.24) is 0 Å². The van der Waals surface area contributed by atoms with Crippen molar-refractivity contribution in [3.8, 4) is 0 Å². The Labute approximate surface area is 160 Å². The third kappa shape index (κ3) is 4.63. The van der Waals surface area contributed by atoms with Crippen molar-refractivity contribution in [2.75, 3.05) is 48.0 Å². The molecule has 0 saturated carbocycles. The molecule has 2 heterocycles. The Balaban J connectivity index is 1.73. The maximum atomic E-state index is 14.7. The highest BCUT2D eigenvalue weighted by molar-refractivity contribution is 7.99. The molecule has 2 aliphatic heterocycles. The monoisotopic (exact) mass is 400 g/mol. The van der Waals surface area contributed by atoms with Crippen LogP contribution in [-0.4, -0.2) is 56.4 Å². The van der Waals surface area contributed by atoms with E-state index >= 15 is 0 Å². The standard InChI is InChI=1S/C18H22F2N2O4S/c1-25-16(23)4-3-13-11-22(18(24)26-13)12-9-14(19)17(15(20)10-12)21-5-2-7-27-8-6-21/h9-10,13H,2-8,11H2,1H3/t13-/m0/s1. The van der Waals surface area contributed by atoms with Crippen LogP contribution in [0.1, 0.15) is 19.3 Å². The summed E-state index contributed by atoms with van der Waals surface area (Å²) >= 11 is 1.77. The zero-order chi connectivity index (χ0) is 19.4. The molecule has 0 unspecified atom stereocenters. The quantitative estimate of drug-likeness (QED) is 0.708. The summed E-state index contributed by atoms with van der Waals surface area (Å²) in [4.78, 5) is 26.2. The average Bonchev–Trinajstić information content (AvgIpc) is 2.82. The zero-order valence-electron chi connectivity index (χ0n) is 15.1. The van der Waals surface area contributed by atoms with Gasteiger partial charge in [-0.3, -0.25) is 9.69 Å². The normalized spacial score (nSPS) is 20.4. The molecule has 27 heavy (non-hydrogen) atoms. The minimum atomic E-state index is -0.692. The predicted octanol–water partition coefficient (Wildman–Crippen LogP) is 3.19. The van der Waals surface area contributed by atoms with Crippen LogP contribution in [-0.2, 0) is 14.3 Å². The van der Waals surface area contributed by atoms with Gasteiger partial charge in [-0.2, -0.15) is 11.8 Å². The van der Waals surface area contributed by atoms with Gasteiger partial charge in [-0.1, -0.05) is 0 Å². The van der Waals surface area contributed by atoms with E-state index < -0.39 is 29.8 Å². The van der Waals surface area contributed by atoms with E-state index in [1.54, 1.807) is 16.7 Å². The molecular weight excluding hydrogens is 378 g/mol. The summed E-state index contributed by atoms with van der Waals surface area (Å²) in [6.45, 7) is 1.31. The smallest absolute Gasteiger partial charge is 0.414 e. The maximum absolute atomic E-state index is 14.7. The van der Waals surface area contributed by atoms with Crippen LogP contribution >= 0.6 is 11.8 Å². The summed E-state index contributed by atoms with van der Waals surface area (Å²) < 4.78 is 39.1. The third-order valence-corrected chi connectivity index (χ3v) is 5.67. The molecule has 1 aromatic carbocycles. The lowest BCUT2D eigenvalue weighted by Gasteiger charge is -2.24. The summed E-state index contributed by atoms with van der Waals surface area (Å²) in [5.74, 6) is 0.0118. The van der Waals surface area contributed by atoms with Gasteiger partial charge in [0.25, 0.3) is 0 Å². The molecule has 0 radical (unpaired) electrons. The van der Waals surface area contributed by atoms with Gasteiger partial charge in [-0.05, 0) is 18.6 Å². The van der Waals surface area contributed by atoms with Crippen LogP contribution in [0.4, 0.5) is 25.0 Å². The third-order valence-electron chi connectivity index (χ3n) is 4.62. The molecule has 9 heteroatoms. The fourth-order valence-electron chi connectivity index (χ4n) is 3.24. The highest BCUT2D eigenvalue weighted by Gasteiger charge is 2.34. The van der Waals surface area contributed by atoms with E-state index in [0.717, 1.165) is 17.9 Å². The summed E-state index contributed by atoms with van der Waals surface area (Å²) in [6, 6.07) is 2.33. The van der Waals surface area contributed by atoms with E-state index in [2.05, 4.69) is 4.74 Å². The van der Waals surface area contributed by atoms with Gasteiger partial charge in [0.15, 0.2) is 11.6 Å². The lowest BCUT2D eigenvalue weighted by molar-refractivity contribution is -0.141. The highest BCUT2D eigenvalue weighted by atomic mass is 32.2. The largest absolute Gasteiger partial charge is 0.469 e. The van der Waals surface area contributed by atoms with Crippen LogP contribution in [0.15, 0.2) is 12.1 Å². The Kier molecular flexibility index (Phi) is 6.41. The molecule has 0 spiro atoms. The fourth-order valence-corrected chi connectivity index (χ4v) is 4.13. The number of hydrogen-bond donors (Lipinski definition) is 0. The summed E-state index contributed by atoms with van der Waals surface area (Å²) in [5, 5.41) is 0. The number of benzene rings is 1. The van der Waals surface area contributed by atoms with E-state index in [0.29, 0.717) is 19.5 Å². The lowest BCUT2D eigenvalue weighted by atomic mass is 10.1. The number of amides is 1. The van der Waals surface area contributed by atoms with Gasteiger partial charge in [0.1, 0.15) is 11.8 Å². The number of thioether (sulfide) groups is 1. The molecule has 0 bridgehead atoms. The van der Waals surface area contributed by atoms with Crippen molar-refractivity contribution in [2.24, 2.45) is 0 Å². The number of carbonyl (C=O) groups excluding carboxylic acids is 2. The van der Waals surface area contributed by atoms with Gasteiger partial charge in [0.2, 0.25) is 0 Å². The van der Waals surface area contributed by atoms with Gasteiger partial charge < -0.3 is 14.4 Å². The van der Waals surface area contributed by atoms with Gasteiger partial charge in [0.05, 0.1) is 19.3 Å². The molecule has 0 aromatic heterocycles. The van der Waals surface area contributed by atoms with Crippen molar-refractivity contribution >= 4 is 35.2 Å². The Hall–Kier alpha value is -2.03. The van der Waals surface area contributed by atoms with Gasteiger partial charge >= 0.3 is 12.1 Å². The zero-order valence-corrected chi connectivity index (χ0v) is 15.9. The number of hydrogen-bond acceptors (Lipinski definition) is 6. The molecular formula is C18H22F2N2O4S. The number of ether oxygens (including phenoxy) is 2. The van der Waals surface area contributed by atoms with Crippen LogP contribution in [0.3, 0.4) is 0 Å². The molecule has 1 atom stereocenters.